The normalized spacial score (nSPS) is 26.3. The molecule has 1 amide bonds. The predicted octanol–water partition coefficient (Wildman–Crippen LogP) is 3.70. The van der Waals surface area contributed by atoms with E-state index in [2.05, 4.69) is 21.5 Å². The highest BCUT2D eigenvalue weighted by atomic mass is 32.2. The van der Waals surface area contributed by atoms with Crippen LogP contribution in [0.4, 0.5) is 13.2 Å². The van der Waals surface area contributed by atoms with Gasteiger partial charge in [-0.1, -0.05) is 6.42 Å². The number of carbonyl (C=O) groups is 1. The van der Waals surface area contributed by atoms with E-state index in [1.165, 1.54) is 6.92 Å². The van der Waals surface area contributed by atoms with Crippen molar-refractivity contribution in [1.29, 1.82) is 0 Å². The topological polar surface area (TPSA) is 54.9 Å². The van der Waals surface area contributed by atoms with Gasteiger partial charge in [0, 0.05) is 28.5 Å². The Hall–Kier alpha value is -1.31. The van der Waals surface area contributed by atoms with Gasteiger partial charge >= 0.3 is 6.18 Å². The van der Waals surface area contributed by atoms with Gasteiger partial charge < -0.3 is 5.32 Å². The average Bonchev–Trinajstić information content (AvgIpc) is 2.60. The summed E-state index contributed by atoms with van der Waals surface area (Å²) >= 11 is 1.82. The highest BCUT2D eigenvalue weighted by molar-refractivity contribution is 7.99. The lowest BCUT2D eigenvalue weighted by Crippen LogP contribution is -2.43. The maximum absolute atomic E-state index is 13.3. The largest absolute Gasteiger partial charge is 0.433 e. The molecule has 0 spiro atoms. The van der Waals surface area contributed by atoms with Gasteiger partial charge in [0.25, 0.3) is 0 Å². The van der Waals surface area contributed by atoms with Crippen molar-refractivity contribution in [2.45, 2.75) is 69.3 Å². The van der Waals surface area contributed by atoms with Crippen molar-refractivity contribution in [3.05, 3.63) is 22.8 Å². The number of aryl methyl sites for hydroxylation is 2. The lowest BCUT2D eigenvalue weighted by Gasteiger charge is -2.31. The molecule has 1 saturated carbocycles. The van der Waals surface area contributed by atoms with E-state index in [0.29, 0.717) is 23.8 Å². The van der Waals surface area contributed by atoms with Crippen LogP contribution in [0.5, 0.6) is 0 Å². The number of fused-ring (bicyclic) bond motifs is 1. The van der Waals surface area contributed by atoms with Gasteiger partial charge in [-0.2, -0.15) is 24.9 Å². The summed E-state index contributed by atoms with van der Waals surface area (Å²) in [7, 11) is 0. The van der Waals surface area contributed by atoms with E-state index >= 15 is 0 Å². The molecule has 1 heterocycles. The van der Waals surface area contributed by atoms with Crippen LogP contribution in [0.1, 0.15) is 54.9 Å². The Morgan fingerprint density at radius 3 is 2.69 bits per heavy atom. The molecule has 2 aliphatic rings. The summed E-state index contributed by atoms with van der Waals surface area (Å²) in [4.78, 5) is 20.4. The Bertz CT molecular complexity index is 680. The minimum Gasteiger partial charge on any atom is -0.353 e. The summed E-state index contributed by atoms with van der Waals surface area (Å²) in [6.07, 6.45) is 2.66. The summed E-state index contributed by atoms with van der Waals surface area (Å²) in [6.45, 7) is 1.47. The van der Waals surface area contributed by atoms with Gasteiger partial charge in [0.05, 0.1) is 0 Å². The minimum absolute atomic E-state index is 0.0645. The van der Waals surface area contributed by atoms with Crippen LogP contribution >= 0.6 is 11.8 Å². The Morgan fingerprint density at radius 1 is 1.23 bits per heavy atom. The predicted molar refractivity (Wildman–Crippen MR) is 95.0 cm³/mol. The molecule has 3 atom stereocenters. The van der Waals surface area contributed by atoms with Crippen LogP contribution in [0.2, 0.25) is 0 Å². The molecule has 1 fully saturated rings. The highest BCUT2D eigenvalue weighted by Gasteiger charge is 2.40. The summed E-state index contributed by atoms with van der Waals surface area (Å²) in [5, 5.41) is 3.63. The minimum atomic E-state index is -4.52. The van der Waals surface area contributed by atoms with Crippen LogP contribution in [-0.4, -0.2) is 33.4 Å². The molecule has 0 saturated heterocycles. The number of hydrogen-bond donors (Lipinski definition) is 1. The van der Waals surface area contributed by atoms with Crippen molar-refractivity contribution in [3.63, 3.8) is 0 Å². The van der Waals surface area contributed by atoms with Crippen molar-refractivity contribution in [1.82, 2.24) is 15.3 Å². The van der Waals surface area contributed by atoms with Crippen LogP contribution < -0.4 is 5.32 Å². The number of nitrogens with zero attached hydrogens (tertiary/aromatic N) is 2. The van der Waals surface area contributed by atoms with Crippen LogP contribution in [0, 0.1) is 12.8 Å². The number of hydrogen-bond acceptors (Lipinski definition) is 4. The maximum Gasteiger partial charge on any atom is 0.433 e. The van der Waals surface area contributed by atoms with E-state index in [4.69, 9.17) is 0 Å². The van der Waals surface area contributed by atoms with Gasteiger partial charge in [-0.05, 0) is 51.7 Å². The number of rotatable bonds is 3. The van der Waals surface area contributed by atoms with Crippen LogP contribution in [0.3, 0.4) is 0 Å². The van der Waals surface area contributed by atoms with Crippen LogP contribution in [0.15, 0.2) is 0 Å². The van der Waals surface area contributed by atoms with Gasteiger partial charge in [-0.25, -0.2) is 9.97 Å². The average molecular weight is 387 g/mol. The van der Waals surface area contributed by atoms with Crippen molar-refractivity contribution in [2.24, 2.45) is 5.92 Å². The van der Waals surface area contributed by atoms with Crippen LogP contribution in [0.25, 0.3) is 0 Å². The number of aromatic nitrogens is 2. The summed E-state index contributed by atoms with van der Waals surface area (Å²) in [5.74, 6) is -0.440. The molecule has 4 nitrogen and oxygen atoms in total. The molecule has 0 aromatic carbocycles. The number of nitrogens with one attached hydrogen (secondary N) is 1. The summed E-state index contributed by atoms with van der Waals surface area (Å²) < 4.78 is 40.0. The zero-order valence-corrected chi connectivity index (χ0v) is 15.8. The Kier molecular flexibility index (Phi) is 5.79. The van der Waals surface area contributed by atoms with E-state index in [9.17, 15) is 18.0 Å². The molecule has 0 radical (unpaired) electrons. The second kappa shape index (κ2) is 7.74. The maximum atomic E-state index is 13.3. The third-order valence-electron chi connectivity index (χ3n) is 5.33. The second-order valence-corrected chi connectivity index (χ2v) is 8.35. The fraction of sp³-hybridized carbons (Fsp3) is 0.722. The second-order valence-electron chi connectivity index (χ2n) is 7.21. The lowest BCUT2D eigenvalue weighted by molar-refractivity contribution is -0.142. The highest BCUT2D eigenvalue weighted by Crippen LogP contribution is 2.36. The third-order valence-corrected chi connectivity index (χ3v) is 6.42. The van der Waals surface area contributed by atoms with E-state index in [0.717, 1.165) is 25.7 Å². The fourth-order valence-electron chi connectivity index (χ4n) is 4.00. The SMILES string of the molecule is CS[C@@H]1CCC[C@@H](NC(=O)[C@@H]2CCc3nc(C)nc(C(F)(F)F)c3C2)C1. The molecule has 2 aliphatic carbocycles. The van der Waals surface area contributed by atoms with Gasteiger partial charge in [-0.3, -0.25) is 4.79 Å². The molecule has 1 aromatic rings. The molecule has 0 bridgehead atoms. The van der Waals surface area contributed by atoms with Gasteiger partial charge in [-0.15, -0.1) is 0 Å². The van der Waals surface area contributed by atoms with Crippen molar-refractivity contribution >= 4 is 17.7 Å². The molecule has 26 heavy (non-hydrogen) atoms. The zero-order chi connectivity index (χ0) is 18.9. The quantitative estimate of drug-likeness (QED) is 0.859. The molecule has 0 unspecified atom stereocenters. The number of alkyl halides is 3. The van der Waals surface area contributed by atoms with Gasteiger partial charge in [0.1, 0.15) is 5.82 Å². The number of halogens is 3. The first-order valence-corrected chi connectivity index (χ1v) is 10.3. The van der Waals surface area contributed by atoms with Gasteiger partial charge in [0.2, 0.25) is 5.91 Å². The van der Waals surface area contributed by atoms with Gasteiger partial charge in [0.15, 0.2) is 5.69 Å². The lowest BCUT2D eigenvalue weighted by atomic mass is 9.84. The van der Waals surface area contributed by atoms with E-state index in [1.807, 2.05) is 11.8 Å². The van der Waals surface area contributed by atoms with E-state index in [-0.39, 0.29) is 29.8 Å². The Labute approximate surface area is 155 Å². The fourth-order valence-corrected chi connectivity index (χ4v) is 4.83. The molecule has 1 N–H and O–H groups in total. The monoisotopic (exact) mass is 387 g/mol. The first kappa shape index (κ1) is 19.5. The number of amides is 1. The van der Waals surface area contributed by atoms with E-state index in [1.54, 1.807) is 0 Å². The Balaban J connectivity index is 1.72. The van der Waals surface area contributed by atoms with Crippen molar-refractivity contribution in [3.8, 4) is 0 Å². The molecule has 8 heteroatoms. The van der Waals surface area contributed by atoms with Crippen molar-refractivity contribution < 1.29 is 18.0 Å². The molecule has 144 valence electrons. The van der Waals surface area contributed by atoms with E-state index < -0.39 is 17.8 Å². The standard InChI is InChI=1S/C18H24F3N3OS/c1-10-22-15-7-6-11(8-14(15)16(23-10)18(19,20)21)17(25)24-12-4-3-5-13(9-12)26-2/h11-13H,3-9H2,1-2H3,(H,24,25)/t11-,12-,13-/m1/s1. The Morgan fingerprint density at radius 2 is 2.00 bits per heavy atom. The molecule has 1 aromatic heterocycles. The summed E-state index contributed by atoms with van der Waals surface area (Å²) in [6, 6.07) is 0.131. The zero-order valence-electron chi connectivity index (χ0n) is 15.0. The first-order chi connectivity index (χ1) is 12.3. The van der Waals surface area contributed by atoms with Crippen molar-refractivity contribution in [2.75, 3.05) is 6.26 Å². The van der Waals surface area contributed by atoms with Crippen LogP contribution in [-0.2, 0) is 23.8 Å². The third kappa shape index (κ3) is 4.32. The molecule has 0 aliphatic heterocycles. The summed E-state index contributed by atoms with van der Waals surface area (Å²) in [5.41, 5.74) is -0.341. The molecular weight excluding hydrogens is 363 g/mol. The first-order valence-electron chi connectivity index (χ1n) is 9.04. The molecular formula is C18H24F3N3OS. The smallest absolute Gasteiger partial charge is 0.353 e. The number of thioether (sulfide) groups is 1. The molecule has 3 rings (SSSR count). The number of carbonyl (C=O) groups excluding carboxylic acids is 1.